The summed E-state index contributed by atoms with van der Waals surface area (Å²) in [4.78, 5) is 43.3. The number of carbonyl (C=O) groups excluding carboxylic acids is 3. The predicted molar refractivity (Wildman–Crippen MR) is 120 cm³/mol. The van der Waals surface area contributed by atoms with Crippen LogP contribution in [0.2, 0.25) is 0 Å². The van der Waals surface area contributed by atoms with E-state index in [-0.39, 0.29) is 36.2 Å². The summed E-state index contributed by atoms with van der Waals surface area (Å²) in [5.74, 6) is -1.30. The maximum atomic E-state index is 13.3. The zero-order chi connectivity index (χ0) is 23.3. The third-order valence-corrected chi connectivity index (χ3v) is 4.64. The molecular weight excluding hydrogens is 408 g/mol. The fourth-order valence-electron chi connectivity index (χ4n) is 3.22. The van der Waals surface area contributed by atoms with Gasteiger partial charge in [-0.2, -0.15) is 0 Å². The zero-order valence-electron chi connectivity index (χ0n) is 18.3. The number of hydroxylamine groups is 1. The number of rotatable bonds is 6. The van der Waals surface area contributed by atoms with Gasteiger partial charge < -0.3 is 10.2 Å². The number of hydrogen-bond acceptors (Lipinski definition) is 5. The van der Waals surface area contributed by atoms with Gasteiger partial charge in [-0.05, 0) is 50.6 Å². The quantitative estimate of drug-likeness (QED) is 0.408. The standard InChI is InChI=1S/C24H26N4O4/c1-24(2,3)26-21(29)15-28(14-16-8-10-18(11-9-16)22(30)27-32)23(31)20-13-12-17-6-4-5-7-19(17)25-20/h4-13,32H,14-15H2,1-3H3,(H,26,29)(H,27,30). The van der Waals surface area contributed by atoms with Gasteiger partial charge in [-0.3, -0.25) is 19.6 Å². The Kier molecular flexibility index (Phi) is 6.85. The minimum absolute atomic E-state index is 0.145. The van der Waals surface area contributed by atoms with E-state index in [4.69, 9.17) is 5.21 Å². The second-order valence-electron chi connectivity index (χ2n) is 8.49. The van der Waals surface area contributed by atoms with Gasteiger partial charge in [-0.25, -0.2) is 10.5 Å². The van der Waals surface area contributed by atoms with Crippen LogP contribution in [-0.4, -0.2) is 44.9 Å². The SMILES string of the molecule is CC(C)(C)NC(=O)CN(Cc1ccc(C(=O)NO)cc1)C(=O)c1ccc2ccccc2n1. The molecule has 32 heavy (non-hydrogen) atoms. The molecule has 0 aliphatic heterocycles. The number of nitrogens with zero attached hydrogens (tertiary/aromatic N) is 2. The van der Waals surface area contributed by atoms with Crippen LogP contribution < -0.4 is 10.8 Å². The topological polar surface area (TPSA) is 112 Å². The Morgan fingerprint density at radius 2 is 1.66 bits per heavy atom. The molecule has 0 bridgehead atoms. The number of hydrogen-bond donors (Lipinski definition) is 3. The molecule has 0 unspecified atom stereocenters. The summed E-state index contributed by atoms with van der Waals surface area (Å²) < 4.78 is 0. The summed E-state index contributed by atoms with van der Waals surface area (Å²) in [6, 6.07) is 17.4. The molecule has 0 radical (unpaired) electrons. The predicted octanol–water partition coefficient (Wildman–Crippen LogP) is 2.91. The first-order valence-corrected chi connectivity index (χ1v) is 10.2. The molecule has 1 heterocycles. The summed E-state index contributed by atoms with van der Waals surface area (Å²) >= 11 is 0. The molecular formula is C24H26N4O4. The monoisotopic (exact) mass is 434 g/mol. The second-order valence-corrected chi connectivity index (χ2v) is 8.49. The molecule has 3 aromatic rings. The minimum Gasteiger partial charge on any atom is -0.350 e. The van der Waals surface area contributed by atoms with Crippen LogP contribution in [0, 0.1) is 0 Å². The van der Waals surface area contributed by atoms with Gasteiger partial charge in [0.1, 0.15) is 12.2 Å². The number of benzene rings is 2. The van der Waals surface area contributed by atoms with Crippen molar-refractivity contribution in [2.24, 2.45) is 0 Å². The maximum absolute atomic E-state index is 13.3. The number of fused-ring (bicyclic) bond motifs is 1. The lowest BCUT2D eigenvalue weighted by atomic mass is 10.1. The van der Waals surface area contributed by atoms with Crippen LogP contribution >= 0.6 is 0 Å². The lowest BCUT2D eigenvalue weighted by molar-refractivity contribution is -0.123. The van der Waals surface area contributed by atoms with Crippen molar-refractivity contribution in [3.05, 3.63) is 77.5 Å². The van der Waals surface area contributed by atoms with E-state index in [1.807, 2.05) is 51.1 Å². The Bertz CT molecular complexity index is 1140. The van der Waals surface area contributed by atoms with Crippen LogP contribution in [0.4, 0.5) is 0 Å². The molecule has 0 aliphatic carbocycles. The molecule has 2 aromatic carbocycles. The van der Waals surface area contributed by atoms with Crippen molar-refractivity contribution >= 4 is 28.6 Å². The lowest BCUT2D eigenvalue weighted by Gasteiger charge is -2.26. The molecule has 0 fully saturated rings. The Labute approximate surface area is 186 Å². The van der Waals surface area contributed by atoms with Gasteiger partial charge in [0, 0.05) is 23.0 Å². The average Bonchev–Trinajstić information content (AvgIpc) is 2.76. The van der Waals surface area contributed by atoms with E-state index in [2.05, 4.69) is 10.3 Å². The summed E-state index contributed by atoms with van der Waals surface area (Å²) in [5.41, 5.74) is 3.07. The molecule has 3 N–H and O–H groups in total. The van der Waals surface area contributed by atoms with Crippen LogP contribution in [0.25, 0.3) is 10.9 Å². The number of aromatic nitrogens is 1. The molecule has 1 aromatic heterocycles. The Morgan fingerprint density at radius 1 is 0.969 bits per heavy atom. The van der Waals surface area contributed by atoms with E-state index in [0.29, 0.717) is 5.52 Å². The van der Waals surface area contributed by atoms with Crippen LogP contribution in [0.3, 0.4) is 0 Å². The molecule has 0 saturated heterocycles. The van der Waals surface area contributed by atoms with E-state index in [1.54, 1.807) is 23.7 Å². The molecule has 0 spiro atoms. The Hall–Kier alpha value is -3.78. The molecule has 3 rings (SSSR count). The van der Waals surface area contributed by atoms with Gasteiger partial charge in [-0.1, -0.05) is 36.4 Å². The van der Waals surface area contributed by atoms with Crippen molar-refractivity contribution in [3.63, 3.8) is 0 Å². The third-order valence-electron chi connectivity index (χ3n) is 4.64. The van der Waals surface area contributed by atoms with Crippen molar-refractivity contribution in [2.75, 3.05) is 6.54 Å². The highest BCUT2D eigenvalue weighted by molar-refractivity contribution is 5.97. The van der Waals surface area contributed by atoms with Crippen molar-refractivity contribution in [1.29, 1.82) is 0 Å². The van der Waals surface area contributed by atoms with E-state index in [9.17, 15) is 14.4 Å². The van der Waals surface area contributed by atoms with Gasteiger partial charge in [0.25, 0.3) is 11.8 Å². The fraction of sp³-hybridized carbons (Fsp3) is 0.250. The van der Waals surface area contributed by atoms with Crippen LogP contribution in [-0.2, 0) is 11.3 Å². The van der Waals surface area contributed by atoms with Gasteiger partial charge in [-0.15, -0.1) is 0 Å². The fourth-order valence-corrected chi connectivity index (χ4v) is 3.22. The highest BCUT2D eigenvalue weighted by Gasteiger charge is 2.23. The van der Waals surface area contributed by atoms with E-state index >= 15 is 0 Å². The molecule has 166 valence electrons. The molecule has 3 amide bonds. The van der Waals surface area contributed by atoms with E-state index in [1.165, 1.54) is 17.0 Å². The molecule has 0 saturated carbocycles. The van der Waals surface area contributed by atoms with Crippen LogP contribution in [0.15, 0.2) is 60.7 Å². The lowest BCUT2D eigenvalue weighted by Crippen LogP contribution is -2.47. The van der Waals surface area contributed by atoms with Gasteiger partial charge in [0.2, 0.25) is 5.91 Å². The van der Waals surface area contributed by atoms with Crippen LogP contribution in [0.5, 0.6) is 0 Å². The molecule has 8 heteroatoms. The summed E-state index contributed by atoms with van der Waals surface area (Å²) in [7, 11) is 0. The van der Waals surface area contributed by atoms with E-state index in [0.717, 1.165) is 10.9 Å². The highest BCUT2D eigenvalue weighted by Crippen LogP contribution is 2.15. The van der Waals surface area contributed by atoms with Gasteiger partial charge in [0.15, 0.2) is 0 Å². The van der Waals surface area contributed by atoms with Crippen molar-refractivity contribution in [2.45, 2.75) is 32.9 Å². The molecule has 0 aliphatic rings. The average molecular weight is 434 g/mol. The highest BCUT2D eigenvalue weighted by atomic mass is 16.5. The second kappa shape index (κ2) is 9.57. The molecule has 8 nitrogen and oxygen atoms in total. The zero-order valence-corrected chi connectivity index (χ0v) is 18.3. The first-order chi connectivity index (χ1) is 15.2. The minimum atomic E-state index is -0.630. The summed E-state index contributed by atoms with van der Waals surface area (Å²) in [6.07, 6.45) is 0. The van der Waals surface area contributed by atoms with Crippen molar-refractivity contribution in [1.82, 2.24) is 20.7 Å². The van der Waals surface area contributed by atoms with Crippen molar-refractivity contribution < 1.29 is 19.6 Å². The van der Waals surface area contributed by atoms with Gasteiger partial charge in [0.05, 0.1) is 5.52 Å². The Balaban J connectivity index is 1.87. The number of nitrogens with one attached hydrogen (secondary N) is 2. The largest absolute Gasteiger partial charge is 0.350 e. The number of pyridine rings is 1. The first kappa shape index (κ1) is 22.9. The van der Waals surface area contributed by atoms with Gasteiger partial charge >= 0.3 is 0 Å². The normalized spacial score (nSPS) is 11.1. The smallest absolute Gasteiger partial charge is 0.274 e. The third kappa shape index (κ3) is 5.89. The summed E-state index contributed by atoms with van der Waals surface area (Å²) in [5, 5.41) is 12.5. The van der Waals surface area contributed by atoms with Crippen molar-refractivity contribution in [3.8, 4) is 0 Å². The maximum Gasteiger partial charge on any atom is 0.274 e. The van der Waals surface area contributed by atoms with Crippen LogP contribution in [0.1, 0.15) is 47.2 Å². The first-order valence-electron chi connectivity index (χ1n) is 10.2. The van der Waals surface area contributed by atoms with E-state index < -0.39 is 11.4 Å². The summed E-state index contributed by atoms with van der Waals surface area (Å²) in [6.45, 7) is 5.60. The number of carbonyl (C=O) groups is 3. The number of para-hydroxylation sites is 1. The Morgan fingerprint density at radius 3 is 2.31 bits per heavy atom. The molecule has 0 atom stereocenters. The number of amides is 3.